The second-order valence-electron chi connectivity index (χ2n) is 4.11. The first-order chi connectivity index (χ1) is 9.12. The molecule has 0 aliphatic heterocycles. The van der Waals surface area contributed by atoms with Crippen molar-refractivity contribution in [3.05, 3.63) is 23.8 Å². The average molecular weight is 330 g/mol. The van der Waals surface area contributed by atoms with Crippen molar-refractivity contribution in [2.45, 2.75) is 24.6 Å². The number of carbonyl (C=O) groups excluding carboxylic acids is 1. The highest BCUT2D eigenvalue weighted by molar-refractivity contribution is 9.10. The number of carbonyl (C=O) groups is 1. The van der Waals surface area contributed by atoms with Gasteiger partial charge in [0.05, 0.1) is 19.0 Å². The third-order valence-electron chi connectivity index (χ3n) is 2.80. The predicted octanol–water partition coefficient (Wildman–Crippen LogP) is 2.54. The summed E-state index contributed by atoms with van der Waals surface area (Å²) < 4.78 is 10.4. The van der Waals surface area contributed by atoms with Crippen LogP contribution in [0.1, 0.15) is 18.9 Å². The highest BCUT2D eigenvalue weighted by Gasteiger charge is 2.11. The van der Waals surface area contributed by atoms with E-state index in [1.165, 1.54) is 0 Å². The molecule has 1 unspecified atom stereocenters. The molecule has 0 fully saturated rings. The van der Waals surface area contributed by atoms with Gasteiger partial charge in [-0.25, -0.2) is 0 Å². The normalized spacial score (nSPS) is 11.8. The Kier molecular flexibility index (Phi) is 6.70. The van der Waals surface area contributed by atoms with Crippen LogP contribution in [-0.2, 0) is 11.2 Å². The molecule has 0 aliphatic rings. The third kappa shape index (κ3) is 4.74. The SMILES string of the molecule is CCC(Br)C(=O)NCCc1ccc(OC)c(OC)c1. The smallest absolute Gasteiger partial charge is 0.233 e. The molecule has 0 saturated carbocycles. The maximum Gasteiger partial charge on any atom is 0.233 e. The third-order valence-corrected chi connectivity index (χ3v) is 3.87. The first-order valence-corrected chi connectivity index (χ1v) is 7.16. The summed E-state index contributed by atoms with van der Waals surface area (Å²) >= 11 is 3.32. The first-order valence-electron chi connectivity index (χ1n) is 6.25. The van der Waals surface area contributed by atoms with Gasteiger partial charge in [0.1, 0.15) is 0 Å². The van der Waals surface area contributed by atoms with Crippen LogP contribution in [0.4, 0.5) is 0 Å². The van der Waals surface area contributed by atoms with Gasteiger partial charge in [0.2, 0.25) is 5.91 Å². The van der Waals surface area contributed by atoms with Crippen molar-refractivity contribution in [1.82, 2.24) is 5.32 Å². The summed E-state index contributed by atoms with van der Waals surface area (Å²) in [5, 5.41) is 2.89. The molecule has 19 heavy (non-hydrogen) atoms. The van der Waals surface area contributed by atoms with Gasteiger partial charge in [0.25, 0.3) is 0 Å². The Balaban J connectivity index is 2.52. The van der Waals surface area contributed by atoms with Gasteiger partial charge in [-0.15, -0.1) is 0 Å². The van der Waals surface area contributed by atoms with E-state index >= 15 is 0 Å². The van der Waals surface area contributed by atoms with E-state index in [4.69, 9.17) is 9.47 Å². The Labute approximate surface area is 122 Å². The molecule has 0 radical (unpaired) electrons. The molecule has 0 heterocycles. The highest BCUT2D eigenvalue weighted by Crippen LogP contribution is 2.27. The van der Waals surface area contributed by atoms with Crippen LogP contribution >= 0.6 is 15.9 Å². The van der Waals surface area contributed by atoms with Gasteiger partial charge in [-0.3, -0.25) is 4.79 Å². The number of hydrogen-bond donors (Lipinski definition) is 1. The van der Waals surface area contributed by atoms with Crippen LogP contribution in [0, 0.1) is 0 Å². The maximum atomic E-state index is 11.6. The van der Waals surface area contributed by atoms with Crippen LogP contribution in [0.25, 0.3) is 0 Å². The standard InChI is InChI=1S/C14H20BrNO3/c1-4-11(15)14(17)16-8-7-10-5-6-12(18-2)13(9-10)19-3/h5-6,9,11H,4,7-8H2,1-3H3,(H,16,17). The fourth-order valence-electron chi connectivity index (χ4n) is 1.66. The summed E-state index contributed by atoms with van der Waals surface area (Å²) in [4.78, 5) is 11.5. The number of halogens is 1. The Morgan fingerprint density at radius 3 is 2.58 bits per heavy atom. The summed E-state index contributed by atoms with van der Waals surface area (Å²) in [6, 6.07) is 5.77. The lowest BCUT2D eigenvalue weighted by Gasteiger charge is -2.11. The van der Waals surface area contributed by atoms with Gasteiger partial charge in [-0.05, 0) is 30.5 Å². The van der Waals surface area contributed by atoms with Crippen LogP contribution in [0.15, 0.2) is 18.2 Å². The van der Waals surface area contributed by atoms with Crippen molar-refractivity contribution in [2.75, 3.05) is 20.8 Å². The van der Waals surface area contributed by atoms with Gasteiger partial charge in [-0.2, -0.15) is 0 Å². The molecule has 0 saturated heterocycles. The lowest BCUT2D eigenvalue weighted by molar-refractivity contribution is -0.120. The molecule has 1 N–H and O–H groups in total. The number of rotatable bonds is 7. The van der Waals surface area contributed by atoms with Crippen molar-refractivity contribution in [1.29, 1.82) is 0 Å². The van der Waals surface area contributed by atoms with Crippen molar-refractivity contribution in [3.63, 3.8) is 0 Å². The highest BCUT2D eigenvalue weighted by atomic mass is 79.9. The topological polar surface area (TPSA) is 47.6 Å². The number of alkyl halides is 1. The number of ether oxygens (including phenoxy) is 2. The van der Waals surface area contributed by atoms with Crippen LogP contribution < -0.4 is 14.8 Å². The molecule has 1 aromatic carbocycles. The number of hydrogen-bond acceptors (Lipinski definition) is 3. The van der Waals surface area contributed by atoms with E-state index in [0.29, 0.717) is 18.0 Å². The zero-order valence-electron chi connectivity index (χ0n) is 11.5. The average Bonchev–Trinajstić information content (AvgIpc) is 2.45. The van der Waals surface area contributed by atoms with Crippen LogP contribution in [0.2, 0.25) is 0 Å². The maximum absolute atomic E-state index is 11.6. The van der Waals surface area contributed by atoms with Gasteiger partial charge >= 0.3 is 0 Å². The van der Waals surface area contributed by atoms with E-state index in [1.54, 1.807) is 14.2 Å². The monoisotopic (exact) mass is 329 g/mol. The van der Waals surface area contributed by atoms with Crippen LogP contribution in [0.5, 0.6) is 11.5 Å². The van der Waals surface area contributed by atoms with Gasteiger partial charge in [0.15, 0.2) is 11.5 Å². The minimum atomic E-state index is -0.113. The summed E-state index contributed by atoms with van der Waals surface area (Å²) in [7, 11) is 3.22. The van der Waals surface area contributed by atoms with E-state index < -0.39 is 0 Å². The molecule has 1 rings (SSSR count). The summed E-state index contributed by atoms with van der Waals surface area (Å²) in [6.45, 7) is 2.57. The van der Waals surface area contributed by atoms with E-state index in [0.717, 1.165) is 18.4 Å². The van der Waals surface area contributed by atoms with E-state index in [9.17, 15) is 4.79 Å². The summed E-state index contributed by atoms with van der Waals surface area (Å²) in [6.07, 6.45) is 1.54. The zero-order valence-corrected chi connectivity index (χ0v) is 13.1. The first kappa shape index (κ1) is 15.8. The molecular formula is C14H20BrNO3. The molecule has 0 bridgehead atoms. The number of benzene rings is 1. The largest absolute Gasteiger partial charge is 0.493 e. The van der Waals surface area contributed by atoms with Crippen LogP contribution in [-0.4, -0.2) is 31.5 Å². The van der Waals surface area contributed by atoms with E-state index in [2.05, 4.69) is 21.2 Å². The van der Waals surface area contributed by atoms with Crippen LogP contribution in [0.3, 0.4) is 0 Å². The van der Waals surface area contributed by atoms with Gasteiger partial charge in [-0.1, -0.05) is 28.9 Å². The lowest BCUT2D eigenvalue weighted by Crippen LogP contribution is -2.32. The van der Waals surface area contributed by atoms with Gasteiger partial charge in [0, 0.05) is 6.54 Å². The minimum absolute atomic E-state index is 0.0305. The predicted molar refractivity (Wildman–Crippen MR) is 79.3 cm³/mol. The van der Waals surface area contributed by atoms with E-state index in [1.807, 2.05) is 25.1 Å². The molecular weight excluding hydrogens is 310 g/mol. The number of nitrogens with one attached hydrogen (secondary N) is 1. The number of methoxy groups -OCH3 is 2. The molecule has 1 aromatic rings. The minimum Gasteiger partial charge on any atom is -0.493 e. The Hall–Kier alpha value is -1.23. The summed E-state index contributed by atoms with van der Waals surface area (Å²) in [5.74, 6) is 1.45. The molecule has 1 amide bonds. The molecule has 0 aliphatic carbocycles. The number of amides is 1. The molecule has 106 valence electrons. The fraction of sp³-hybridized carbons (Fsp3) is 0.500. The lowest BCUT2D eigenvalue weighted by atomic mass is 10.1. The molecule has 0 aromatic heterocycles. The van der Waals surface area contributed by atoms with E-state index in [-0.39, 0.29) is 10.7 Å². The second-order valence-corrected chi connectivity index (χ2v) is 5.21. The Bertz CT molecular complexity index is 423. The zero-order chi connectivity index (χ0) is 14.3. The van der Waals surface area contributed by atoms with Crippen molar-refractivity contribution < 1.29 is 14.3 Å². The molecule has 5 heteroatoms. The Morgan fingerprint density at radius 1 is 1.32 bits per heavy atom. The van der Waals surface area contributed by atoms with Crippen molar-refractivity contribution in [3.8, 4) is 11.5 Å². The quantitative estimate of drug-likeness (QED) is 0.782. The molecule has 4 nitrogen and oxygen atoms in total. The second kappa shape index (κ2) is 8.04. The summed E-state index contributed by atoms with van der Waals surface area (Å²) in [5.41, 5.74) is 1.10. The van der Waals surface area contributed by atoms with Crippen molar-refractivity contribution in [2.24, 2.45) is 0 Å². The fourth-order valence-corrected chi connectivity index (χ4v) is 1.82. The Morgan fingerprint density at radius 2 is 2.00 bits per heavy atom. The van der Waals surface area contributed by atoms with Gasteiger partial charge < -0.3 is 14.8 Å². The molecule has 1 atom stereocenters. The molecule has 0 spiro atoms. The van der Waals surface area contributed by atoms with Crippen molar-refractivity contribution >= 4 is 21.8 Å².